The second-order valence-corrected chi connectivity index (χ2v) is 8.74. The summed E-state index contributed by atoms with van der Waals surface area (Å²) in [4.78, 5) is 24.6. The van der Waals surface area contributed by atoms with Crippen LogP contribution in [-0.2, 0) is 24.3 Å². The maximum absolute atomic E-state index is 12.4. The van der Waals surface area contributed by atoms with E-state index in [-0.39, 0.29) is 24.1 Å². The van der Waals surface area contributed by atoms with Crippen LogP contribution in [-0.4, -0.2) is 38.9 Å². The van der Waals surface area contributed by atoms with Gasteiger partial charge in [-0.3, -0.25) is 9.59 Å². The largest absolute Gasteiger partial charge is 0.355 e. The molecule has 0 saturated carbocycles. The zero-order chi connectivity index (χ0) is 23.6. The molecule has 0 aliphatic carbocycles. The van der Waals surface area contributed by atoms with E-state index in [1.165, 1.54) is 23.4 Å². The molecule has 0 aliphatic rings. The third-order valence-corrected chi connectivity index (χ3v) is 6.31. The Bertz CT molecular complexity index is 1120. The smallest absolute Gasteiger partial charge is 0.251 e. The van der Waals surface area contributed by atoms with Crippen molar-refractivity contribution in [2.45, 2.75) is 24.7 Å². The molecular weight excluding hydrogens is 481 g/mol. The second-order valence-electron chi connectivity index (χ2n) is 6.98. The molecule has 172 valence electrons. The van der Waals surface area contributed by atoms with Crippen LogP contribution < -0.4 is 10.6 Å². The highest BCUT2D eigenvalue weighted by atomic mass is 35.5. The molecule has 0 aliphatic heterocycles. The highest BCUT2D eigenvalue weighted by Crippen LogP contribution is 2.22. The molecule has 7 nitrogen and oxygen atoms in total. The summed E-state index contributed by atoms with van der Waals surface area (Å²) < 4.78 is 1.81. The van der Waals surface area contributed by atoms with Crippen molar-refractivity contribution in [2.24, 2.45) is 0 Å². The van der Waals surface area contributed by atoms with E-state index in [4.69, 9.17) is 23.2 Å². The van der Waals surface area contributed by atoms with E-state index >= 15 is 0 Å². The van der Waals surface area contributed by atoms with Crippen LogP contribution in [0.1, 0.15) is 21.7 Å². The Kier molecular flexibility index (Phi) is 9.35. The lowest BCUT2D eigenvalue weighted by Gasteiger charge is -2.09. The molecule has 0 fully saturated rings. The predicted molar refractivity (Wildman–Crippen MR) is 132 cm³/mol. The number of carbonyl (C=O) groups is 2. The lowest BCUT2D eigenvalue weighted by Crippen LogP contribution is -2.27. The fourth-order valence-corrected chi connectivity index (χ4v) is 4.03. The van der Waals surface area contributed by atoms with E-state index in [1.54, 1.807) is 18.2 Å². The number of rotatable bonds is 11. The van der Waals surface area contributed by atoms with E-state index in [9.17, 15) is 9.59 Å². The average molecular weight is 504 g/mol. The molecule has 1 aromatic heterocycles. The van der Waals surface area contributed by atoms with E-state index < -0.39 is 0 Å². The molecule has 3 rings (SSSR count). The van der Waals surface area contributed by atoms with Gasteiger partial charge in [-0.15, -0.1) is 16.8 Å². The maximum atomic E-state index is 12.4. The number of carbonyl (C=O) groups excluding carboxylic acids is 2. The highest BCUT2D eigenvalue weighted by Gasteiger charge is 2.15. The van der Waals surface area contributed by atoms with Crippen LogP contribution >= 0.6 is 35.0 Å². The van der Waals surface area contributed by atoms with Gasteiger partial charge < -0.3 is 15.2 Å². The standard InChI is InChI=1S/C23H23Cl2N5O2S/c1-2-12-30-20(14-27-22(32)17-8-9-18(24)19(25)13-17)28-29-23(30)33-15-21(31)26-11-10-16-6-4-3-5-7-16/h2-9,13H,1,10-12,14-15H2,(H,26,31)(H,27,32). The molecule has 10 heteroatoms. The van der Waals surface area contributed by atoms with Crippen molar-refractivity contribution in [3.05, 3.63) is 88.2 Å². The summed E-state index contributed by atoms with van der Waals surface area (Å²) in [6, 6.07) is 14.6. The van der Waals surface area contributed by atoms with Crippen molar-refractivity contribution in [1.82, 2.24) is 25.4 Å². The molecule has 0 saturated heterocycles. The molecule has 0 bridgehead atoms. The first kappa shape index (κ1) is 24.8. The summed E-state index contributed by atoms with van der Waals surface area (Å²) in [5.41, 5.74) is 1.56. The molecule has 33 heavy (non-hydrogen) atoms. The van der Waals surface area contributed by atoms with Crippen LogP contribution in [0, 0.1) is 0 Å². The quantitative estimate of drug-likeness (QED) is 0.303. The summed E-state index contributed by atoms with van der Waals surface area (Å²) in [5.74, 6) is 0.363. The minimum Gasteiger partial charge on any atom is -0.355 e. The van der Waals surface area contributed by atoms with E-state index in [0.717, 1.165) is 6.42 Å². The van der Waals surface area contributed by atoms with Crippen LogP contribution in [0.2, 0.25) is 10.0 Å². The van der Waals surface area contributed by atoms with Crippen LogP contribution in [0.3, 0.4) is 0 Å². The molecule has 0 unspecified atom stereocenters. The number of hydrogen-bond donors (Lipinski definition) is 2. The lowest BCUT2D eigenvalue weighted by molar-refractivity contribution is -0.118. The number of nitrogens with one attached hydrogen (secondary N) is 2. The zero-order valence-electron chi connectivity index (χ0n) is 17.8. The summed E-state index contributed by atoms with van der Waals surface area (Å²) in [6.45, 7) is 4.93. The van der Waals surface area contributed by atoms with E-state index in [0.29, 0.717) is 39.7 Å². The van der Waals surface area contributed by atoms with Gasteiger partial charge in [-0.05, 0) is 30.2 Å². The number of benzene rings is 2. The summed E-state index contributed by atoms with van der Waals surface area (Å²) in [5, 5.41) is 15.3. The normalized spacial score (nSPS) is 10.6. The Morgan fingerprint density at radius 3 is 2.58 bits per heavy atom. The molecule has 2 amide bonds. The predicted octanol–water partition coefficient (Wildman–Crippen LogP) is 4.15. The van der Waals surface area contributed by atoms with Crippen molar-refractivity contribution in [2.75, 3.05) is 12.3 Å². The topological polar surface area (TPSA) is 88.9 Å². The fourth-order valence-electron chi connectivity index (χ4n) is 2.94. The Labute approximate surface area is 206 Å². The lowest BCUT2D eigenvalue weighted by atomic mass is 10.1. The van der Waals surface area contributed by atoms with Gasteiger partial charge in [-0.25, -0.2) is 0 Å². The van der Waals surface area contributed by atoms with Gasteiger partial charge in [0.2, 0.25) is 5.91 Å². The first-order valence-corrected chi connectivity index (χ1v) is 11.9. The second kappa shape index (κ2) is 12.4. The molecule has 0 spiro atoms. The first-order valence-electron chi connectivity index (χ1n) is 10.2. The minimum atomic E-state index is -0.311. The average Bonchev–Trinajstić information content (AvgIpc) is 3.20. The number of amides is 2. The number of nitrogens with zero attached hydrogens (tertiary/aromatic N) is 3. The summed E-state index contributed by atoms with van der Waals surface area (Å²) in [6.07, 6.45) is 2.48. The number of thioether (sulfide) groups is 1. The van der Waals surface area contributed by atoms with Crippen LogP contribution in [0.15, 0.2) is 66.3 Å². The van der Waals surface area contributed by atoms with E-state index in [2.05, 4.69) is 27.4 Å². The number of hydrogen-bond acceptors (Lipinski definition) is 5. The van der Waals surface area contributed by atoms with Crippen molar-refractivity contribution < 1.29 is 9.59 Å². The SMILES string of the molecule is C=CCn1c(CNC(=O)c2ccc(Cl)c(Cl)c2)nnc1SCC(=O)NCCc1ccccc1. The van der Waals surface area contributed by atoms with Gasteiger partial charge in [0.25, 0.3) is 5.91 Å². The monoisotopic (exact) mass is 503 g/mol. The van der Waals surface area contributed by atoms with Gasteiger partial charge in [-0.1, -0.05) is 71.4 Å². The van der Waals surface area contributed by atoms with Crippen LogP contribution in [0.4, 0.5) is 0 Å². The Balaban J connectivity index is 1.52. The van der Waals surface area contributed by atoms with Gasteiger partial charge in [0.15, 0.2) is 11.0 Å². The van der Waals surface area contributed by atoms with Crippen LogP contribution in [0.5, 0.6) is 0 Å². The highest BCUT2D eigenvalue weighted by molar-refractivity contribution is 7.99. The third kappa shape index (κ3) is 7.35. The van der Waals surface area contributed by atoms with Crippen molar-refractivity contribution in [3.8, 4) is 0 Å². The molecule has 2 aromatic carbocycles. The van der Waals surface area contributed by atoms with Gasteiger partial charge in [0.1, 0.15) is 0 Å². The molecule has 0 radical (unpaired) electrons. The van der Waals surface area contributed by atoms with E-state index in [1.807, 2.05) is 34.9 Å². The zero-order valence-corrected chi connectivity index (χ0v) is 20.1. The number of aromatic nitrogens is 3. The van der Waals surface area contributed by atoms with Crippen molar-refractivity contribution in [1.29, 1.82) is 0 Å². The Hall–Kier alpha value is -2.81. The van der Waals surface area contributed by atoms with Crippen molar-refractivity contribution in [3.63, 3.8) is 0 Å². The number of halogens is 2. The molecular formula is C23H23Cl2N5O2S. The summed E-state index contributed by atoms with van der Waals surface area (Å²) in [7, 11) is 0. The molecule has 0 atom stereocenters. The first-order chi connectivity index (χ1) is 16.0. The van der Waals surface area contributed by atoms with Crippen LogP contribution in [0.25, 0.3) is 0 Å². The third-order valence-electron chi connectivity index (χ3n) is 4.61. The molecule has 1 heterocycles. The minimum absolute atomic E-state index is 0.0847. The van der Waals surface area contributed by atoms with Gasteiger partial charge in [-0.2, -0.15) is 0 Å². The Morgan fingerprint density at radius 1 is 1.06 bits per heavy atom. The maximum Gasteiger partial charge on any atom is 0.251 e. The number of allylic oxidation sites excluding steroid dienone is 1. The fraction of sp³-hybridized carbons (Fsp3) is 0.217. The molecule has 2 N–H and O–H groups in total. The van der Waals surface area contributed by atoms with Gasteiger partial charge in [0.05, 0.1) is 22.3 Å². The van der Waals surface area contributed by atoms with Crippen molar-refractivity contribution >= 4 is 46.8 Å². The Morgan fingerprint density at radius 2 is 1.85 bits per heavy atom. The molecule has 3 aromatic rings. The van der Waals surface area contributed by atoms with Gasteiger partial charge >= 0.3 is 0 Å². The summed E-state index contributed by atoms with van der Waals surface area (Å²) >= 11 is 13.2. The van der Waals surface area contributed by atoms with Gasteiger partial charge in [0, 0.05) is 18.7 Å².